The van der Waals surface area contributed by atoms with Crippen LogP contribution in [0.2, 0.25) is 0 Å². The molecular weight excluding hydrogens is 430 g/mol. The Kier molecular flexibility index (Phi) is 6.01. The molecule has 0 atom stereocenters. The highest BCUT2D eigenvalue weighted by Crippen LogP contribution is 2.36. The summed E-state index contributed by atoms with van der Waals surface area (Å²) in [5.74, 6) is -0.564. The van der Waals surface area contributed by atoms with Crippen molar-refractivity contribution in [3.05, 3.63) is 71.8 Å². The number of hydrazone groups is 2. The van der Waals surface area contributed by atoms with E-state index in [0.717, 1.165) is 16.7 Å². The van der Waals surface area contributed by atoms with Crippen molar-refractivity contribution in [3.63, 3.8) is 0 Å². The summed E-state index contributed by atoms with van der Waals surface area (Å²) in [5, 5.41) is 30.9. The highest BCUT2D eigenvalue weighted by molar-refractivity contribution is 6.71. The number of nitrogens with two attached hydrogens (primary N) is 1. The summed E-state index contributed by atoms with van der Waals surface area (Å²) < 4.78 is 0. The van der Waals surface area contributed by atoms with Gasteiger partial charge in [0.05, 0.1) is 17.1 Å². The summed E-state index contributed by atoms with van der Waals surface area (Å²) in [6, 6.07) is 18.0. The lowest BCUT2D eigenvalue weighted by molar-refractivity contribution is -0.112. The molecule has 4 rings (SSSR count). The molecule has 0 aliphatic carbocycles. The molecule has 172 valence electrons. The van der Waals surface area contributed by atoms with Gasteiger partial charge in [0, 0.05) is 11.3 Å². The Hall–Kier alpha value is -4.66. The monoisotopic (exact) mass is 455 g/mol. The first kappa shape index (κ1) is 22.5. The van der Waals surface area contributed by atoms with Crippen molar-refractivity contribution in [2.45, 2.75) is 20.8 Å². The number of nitrogens with zero attached hydrogens (tertiary/aromatic N) is 3. The van der Waals surface area contributed by atoms with Crippen LogP contribution in [0.15, 0.2) is 70.9 Å². The molecule has 0 radical (unpaired) electrons. The topological polar surface area (TPSA) is 139 Å². The van der Waals surface area contributed by atoms with Crippen molar-refractivity contribution in [2.75, 3.05) is 15.8 Å². The van der Waals surface area contributed by atoms with Gasteiger partial charge in [0.25, 0.3) is 0 Å². The fourth-order valence-electron chi connectivity index (χ4n) is 3.56. The number of aryl methyl sites for hydroxylation is 2. The number of anilines is 3. The minimum Gasteiger partial charge on any atom is -0.505 e. The van der Waals surface area contributed by atoms with E-state index in [1.165, 1.54) is 5.01 Å². The Bertz CT molecular complexity index is 1360. The van der Waals surface area contributed by atoms with Crippen molar-refractivity contribution in [2.24, 2.45) is 15.9 Å². The lowest BCUT2D eigenvalue weighted by atomic mass is 10.0. The van der Waals surface area contributed by atoms with Gasteiger partial charge < -0.3 is 16.2 Å². The van der Waals surface area contributed by atoms with Crippen molar-refractivity contribution in [1.29, 1.82) is 5.41 Å². The normalized spacial score (nSPS) is 14.3. The van der Waals surface area contributed by atoms with E-state index in [9.17, 15) is 9.90 Å². The van der Waals surface area contributed by atoms with Crippen molar-refractivity contribution in [1.82, 2.24) is 0 Å². The van der Waals surface area contributed by atoms with E-state index in [-0.39, 0.29) is 23.3 Å². The summed E-state index contributed by atoms with van der Waals surface area (Å²) in [7, 11) is 0. The van der Waals surface area contributed by atoms with Crippen LogP contribution in [-0.2, 0) is 4.79 Å². The Labute approximate surface area is 197 Å². The number of nitrogens with one attached hydrogen (secondary N) is 3. The number of phenols is 1. The summed E-state index contributed by atoms with van der Waals surface area (Å²) in [5.41, 5.74) is 13.9. The average Bonchev–Trinajstić information content (AvgIpc) is 3.08. The number of phenolic OH excluding ortho intramolecular Hbond substituents is 1. The number of carbonyl (C=O) groups is 1. The van der Waals surface area contributed by atoms with Gasteiger partial charge in [0.15, 0.2) is 11.7 Å². The van der Waals surface area contributed by atoms with Crippen molar-refractivity contribution < 1.29 is 9.90 Å². The zero-order valence-corrected chi connectivity index (χ0v) is 19.0. The molecule has 3 aromatic rings. The van der Waals surface area contributed by atoms with E-state index < -0.39 is 0 Å². The van der Waals surface area contributed by atoms with Gasteiger partial charge in [-0.15, -0.1) is 0 Å². The fraction of sp³-hybridized carbons (Fsp3) is 0.120. The molecule has 3 aromatic carbocycles. The number of hydrogen-bond acceptors (Lipinski definition) is 6. The SMILES string of the molecule is CC1=NN(c2ccc(C)c(C)c2)C(=O)C1=NNc1cccc(-c2cccc(NC(=N)N)c2)c1O. The molecule has 6 N–H and O–H groups in total. The number of hydrogen-bond donors (Lipinski definition) is 5. The number of carbonyl (C=O) groups excluding carboxylic acids is 1. The predicted molar refractivity (Wildman–Crippen MR) is 137 cm³/mol. The molecule has 0 bridgehead atoms. The molecule has 0 saturated carbocycles. The van der Waals surface area contributed by atoms with Gasteiger partial charge in [-0.1, -0.05) is 30.3 Å². The van der Waals surface area contributed by atoms with Crippen LogP contribution in [0.1, 0.15) is 18.1 Å². The molecule has 0 unspecified atom stereocenters. The second kappa shape index (κ2) is 9.07. The van der Waals surface area contributed by atoms with Gasteiger partial charge in [-0.05, 0) is 67.8 Å². The fourth-order valence-corrected chi connectivity index (χ4v) is 3.56. The third-order valence-corrected chi connectivity index (χ3v) is 5.50. The van der Waals surface area contributed by atoms with Crippen LogP contribution in [0.25, 0.3) is 11.1 Å². The highest BCUT2D eigenvalue weighted by Gasteiger charge is 2.31. The van der Waals surface area contributed by atoms with Crippen LogP contribution in [0.3, 0.4) is 0 Å². The molecule has 34 heavy (non-hydrogen) atoms. The minimum atomic E-state index is -0.355. The molecule has 0 aromatic heterocycles. The molecule has 0 saturated heterocycles. The first-order valence-corrected chi connectivity index (χ1v) is 10.6. The quantitative estimate of drug-likeness (QED) is 0.170. The average molecular weight is 456 g/mol. The molecule has 9 heteroatoms. The number of amides is 1. The molecule has 0 spiro atoms. The van der Waals surface area contributed by atoms with Gasteiger partial charge in [0.1, 0.15) is 5.75 Å². The van der Waals surface area contributed by atoms with Crippen molar-refractivity contribution >= 4 is 40.4 Å². The van der Waals surface area contributed by atoms with E-state index in [4.69, 9.17) is 11.1 Å². The van der Waals surface area contributed by atoms with Crippen LogP contribution in [0.5, 0.6) is 5.75 Å². The molecule has 1 aliphatic heterocycles. The molecular formula is C25H25N7O2. The Morgan fingerprint density at radius 2 is 1.82 bits per heavy atom. The molecule has 1 amide bonds. The lowest BCUT2D eigenvalue weighted by Gasteiger charge is -2.13. The summed E-state index contributed by atoms with van der Waals surface area (Å²) in [6.07, 6.45) is 0. The van der Waals surface area contributed by atoms with E-state index in [1.54, 1.807) is 43.3 Å². The van der Waals surface area contributed by atoms with E-state index in [1.807, 2.05) is 38.1 Å². The first-order valence-electron chi connectivity index (χ1n) is 10.6. The molecule has 0 fully saturated rings. The van der Waals surface area contributed by atoms with Crippen LogP contribution < -0.4 is 21.5 Å². The largest absolute Gasteiger partial charge is 0.505 e. The first-order chi connectivity index (χ1) is 16.2. The van der Waals surface area contributed by atoms with E-state index >= 15 is 0 Å². The highest BCUT2D eigenvalue weighted by atomic mass is 16.3. The number of rotatable bonds is 5. The van der Waals surface area contributed by atoms with E-state index in [2.05, 4.69) is 20.9 Å². The smallest absolute Gasteiger partial charge is 0.301 e. The van der Waals surface area contributed by atoms with Gasteiger partial charge >= 0.3 is 5.91 Å². The van der Waals surface area contributed by atoms with E-state index in [0.29, 0.717) is 28.3 Å². The predicted octanol–water partition coefficient (Wildman–Crippen LogP) is 4.17. The second-order valence-corrected chi connectivity index (χ2v) is 7.96. The number of benzene rings is 3. The second-order valence-electron chi connectivity index (χ2n) is 7.96. The number of para-hydroxylation sites is 1. The Morgan fingerprint density at radius 1 is 1.06 bits per heavy atom. The number of aromatic hydroxyl groups is 1. The zero-order chi connectivity index (χ0) is 24.4. The Balaban J connectivity index is 1.59. The van der Waals surface area contributed by atoms with Crippen LogP contribution >= 0.6 is 0 Å². The van der Waals surface area contributed by atoms with Crippen LogP contribution in [-0.4, -0.2) is 28.4 Å². The third kappa shape index (κ3) is 4.44. The number of guanidine groups is 1. The summed E-state index contributed by atoms with van der Waals surface area (Å²) >= 11 is 0. The van der Waals surface area contributed by atoms with Gasteiger partial charge in [0.2, 0.25) is 0 Å². The maximum Gasteiger partial charge on any atom is 0.301 e. The molecule has 1 heterocycles. The maximum atomic E-state index is 13.0. The van der Waals surface area contributed by atoms with Gasteiger partial charge in [-0.25, -0.2) is 0 Å². The Morgan fingerprint density at radius 3 is 2.56 bits per heavy atom. The van der Waals surface area contributed by atoms with Crippen LogP contribution in [0.4, 0.5) is 17.1 Å². The third-order valence-electron chi connectivity index (χ3n) is 5.50. The van der Waals surface area contributed by atoms with Gasteiger partial charge in [-0.2, -0.15) is 15.2 Å². The van der Waals surface area contributed by atoms with Crippen LogP contribution in [0, 0.1) is 19.3 Å². The molecule has 1 aliphatic rings. The summed E-state index contributed by atoms with van der Waals surface area (Å²) in [6.45, 7) is 5.70. The maximum absolute atomic E-state index is 13.0. The minimum absolute atomic E-state index is 0.0297. The molecule has 9 nitrogen and oxygen atoms in total. The standard InChI is InChI=1S/C25H25N7O2/c1-14-10-11-19(12-15(14)2)32-24(34)22(16(3)31-32)30-29-21-9-5-8-20(23(21)33)17-6-4-7-18(13-17)28-25(26)27/h4-13,29,33H,1-3H3,(H4,26,27,28). The summed E-state index contributed by atoms with van der Waals surface area (Å²) in [4.78, 5) is 13.0. The lowest BCUT2D eigenvalue weighted by Crippen LogP contribution is -2.28. The zero-order valence-electron chi connectivity index (χ0n) is 19.0. The van der Waals surface area contributed by atoms with Gasteiger partial charge in [-0.3, -0.25) is 15.6 Å². The van der Waals surface area contributed by atoms with Crippen molar-refractivity contribution in [3.8, 4) is 16.9 Å².